The fraction of sp³-hybridized carbons (Fsp3) is 0.333. The number of rotatable bonds is 3. The van der Waals surface area contributed by atoms with Gasteiger partial charge < -0.3 is 16.6 Å². The van der Waals surface area contributed by atoms with E-state index in [2.05, 4.69) is 0 Å². The topological polar surface area (TPSA) is 72.3 Å². The van der Waals surface area contributed by atoms with E-state index in [9.17, 15) is 0 Å². The lowest BCUT2D eigenvalue weighted by molar-refractivity contribution is 0.151. The predicted octanol–water partition coefficient (Wildman–Crippen LogP) is -0.166. The van der Waals surface area contributed by atoms with Gasteiger partial charge in [-0.3, -0.25) is 0 Å². The van der Waals surface area contributed by atoms with Gasteiger partial charge in [-0.05, 0) is 12.0 Å². The van der Waals surface area contributed by atoms with E-state index in [1.54, 1.807) is 0 Å². The molecule has 5 N–H and O–H groups in total. The van der Waals surface area contributed by atoms with Gasteiger partial charge in [0.25, 0.3) is 0 Å². The number of benzene rings is 1. The van der Waals surface area contributed by atoms with Crippen LogP contribution in [0, 0.1) is 0 Å². The smallest absolute Gasteiger partial charge is 0.118 e. The Labute approximate surface area is 72.0 Å². The van der Waals surface area contributed by atoms with E-state index in [0.29, 0.717) is 6.42 Å². The van der Waals surface area contributed by atoms with Crippen molar-refractivity contribution in [1.82, 2.24) is 0 Å². The van der Waals surface area contributed by atoms with Crippen LogP contribution < -0.4 is 11.5 Å². The van der Waals surface area contributed by atoms with Gasteiger partial charge in [-0.2, -0.15) is 0 Å². The molecule has 1 rings (SSSR count). The molecule has 1 aromatic carbocycles. The first-order valence-electron chi connectivity index (χ1n) is 3.93. The van der Waals surface area contributed by atoms with Gasteiger partial charge >= 0.3 is 0 Å². The second-order valence-corrected chi connectivity index (χ2v) is 2.84. The standard InChI is InChI=1S/C9H14N2O/c10-8(9(11)12)6-7-4-2-1-3-5-7/h1-5,8-9,12H,6,10-11H2/t8-,9?/m0/s1. The first-order chi connectivity index (χ1) is 5.70. The Morgan fingerprint density at radius 1 is 1.17 bits per heavy atom. The molecule has 0 heterocycles. The van der Waals surface area contributed by atoms with Gasteiger partial charge in [-0.15, -0.1) is 0 Å². The fourth-order valence-electron chi connectivity index (χ4n) is 1.01. The Balaban J connectivity index is 2.53. The summed E-state index contributed by atoms with van der Waals surface area (Å²) in [7, 11) is 0. The molecule has 0 aliphatic carbocycles. The summed E-state index contributed by atoms with van der Waals surface area (Å²) < 4.78 is 0. The van der Waals surface area contributed by atoms with Gasteiger partial charge in [0.15, 0.2) is 0 Å². The third-order valence-electron chi connectivity index (χ3n) is 1.75. The van der Waals surface area contributed by atoms with E-state index in [1.807, 2.05) is 30.3 Å². The molecule has 3 heteroatoms. The summed E-state index contributed by atoms with van der Waals surface area (Å²) in [6.45, 7) is 0. The second-order valence-electron chi connectivity index (χ2n) is 2.84. The van der Waals surface area contributed by atoms with Crippen molar-refractivity contribution < 1.29 is 5.11 Å². The van der Waals surface area contributed by atoms with Crippen molar-refractivity contribution in [2.24, 2.45) is 11.5 Å². The number of nitrogens with two attached hydrogens (primary N) is 2. The average molecular weight is 166 g/mol. The molecule has 0 aliphatic rings. The Bertz CT molecular complexity index is 223. The lowest BCUT2D eigenvalue weighted by atomic mass is 10.1. The van der Waals surface area contributed by atoms with E-state index >= 15 is 0 Å². The van der Waals surface area contributed by atoms with Gasteiger partial charge in [0.2, 0.25) is 0 Å². The molecule has 1 aromatic rings. The van der Waals surface area contributed by atoms with Crippen LogP contribution in [0.1, 0.15) is 5.56 Å². The summed E-state index contributed by atoms with van der Waals surface area (Å²) in [5.41, 5.74) is 11.9. The Hall–Kier alpha value is -0.900. The Kier molecular flexibility index (Phi) is 3.22. The fourth-order valence-corrected chi connectivity index (χ4v) is 1.01. The molecule has 0 bridgehead atoms. The van der Waals surface area contributed by atoms with E-state index < -0.39 is 6.23 Å². The zero-order valence-corrected chi connectivity index (χ0v) is 6.85. The van der Waals surface area contributed by atoms with Crippen molar-refractivity contribution in [3.05, 3.63) is 35.9 Å². The third kappa shape index (κ3) is 2.62. The first kappa shape index (κ1) is 9.19. The number of hydrogen-bond donors (Lipinski definition) is 3. The highest BCUT2D eigenvalue weighted by molar-refractivity contribution is 5.15. The molecule has 0 amide bonds. The third-order valence-corrected chi connectivity index (χ3v) is 1.75. The van der Waals surface area contributed by atoms with Crippen LogP contribution in [-0.2, 0) is 6.42 Å². The van der Waals surface area contributed by atoms with E-state index in [1.165, 1.54) is 0 Å². The largest absolute Gasteiger partial charge is 0.377 e. The Morgan fingerprint density at radius 3 is 2.25 bits per heavy atom. The van der Waals surface area contributed by atoms with Crippen LogP contribution in [0.3, 0.4) is 0 Å². The van der Waals surface area contributed by atoms with Crippen molar-refractivity contribution in [1.29, 1.82) is 0 Å². The van der Waals surface area contributed by atoms with Crippen LogP contribution in [0.2, 0.25) is 0 Å². The van der Waals surface area contributed by atoms with Crippen LogP contribution in [0.4, 0.5) is 0 Å². The minimum atomic E-state index is -0.940. The zero-order chi connectivity index (χ0) is 8.97. The Morgan fingerprint density at radius 2 is 1.75 bits per heavy atom. The van der Waals surface area contributed by atoms with Gasteiger partial charge in [0.05, 0.1) is 0 Å². The van der Waals surface area contributed by atoms with Crippen molar-refractivity contribution >= 4 is 0 Å². The molecule has 0 radical (unpaired) electrons. The highest BCUT2D eigenvalue weighted by atomic mass is 16.3. The summed E-state index contributed by atoms with van der Waals surface area (Å²) in [6, 6.07) is 9.35. The number of aliphatic hydroxyl groups excluding tert-OH is 1. The summed E-state index contributed by atoms with van der Waals surface area (Å²) in [4.78, 5) is 0. The molecule has 0 spiro atoms. The SMILES string of the molecule is NC(O)[C@@H](N)Cc1ccccc1. The maximum absolute atomic E-state index is 8.93. The van der Waals surface area contributed by atoms with Gasteiger partial charge in [-0.25, -0.2) is 0 Å². The molecule has 1 unspecified atom stereocenters. The molecule has 66 valence electrons. The minimum Gasteiger partial charge on any atom is -0.377 e. The molecular formula is C9H14N2O. The molecule has 0 saturated heterocycles. The highest BCUT2D eigenvalue weighted by Crippen LogP contribution is 2.02. The van der Waals surface area contributed by atoms with Gasteiger partial charge in [0, 0.05) is 6.04 Å². The molecule has 2 atom stereocenters. The molecule has 0 aliphatic heterocycles. The van der Waals surface area contributed by atoms with E-state index in [-0.39, 0.29) is 6.04 Å². The summed E-state index contributed by atoms with van der Waals surface area (Å²) in [5, 5.41) is 8.93. The summed E-state index contributed by atoms with van der Waals surface area (Å²) in [6.07, 6.45) is -0.330. The molecule has 12 heavy (non-hydrogen) atoms. The number of hydrogen-bond acceptors (Lipinski definition) is 3. The molecule has 3 nitrogen and oxygen atoms in total. The lowest BCUT2D eigenvalue weighted by Gasteiger charge is -2.13. The monoisotopic (exact) mass is 166 g/mol. The molecule has 0 saturated carbocycles. The van der Waals surface area contributed by atoms with Crippen LogP contribution in [0.25, 0.3) is 0 Å². The summed E-state index contributed by atoms with van der Waals surface area (Å²) in [5.74, 6) is 0. The summed E-state index contributed by atoms with van der Waals surface area (Å²) >= 11 is 0. The van der Waals surface area contributed by atoms with Crippen molar-refractivity contribution in [3.63, 3.8) is 0 Å². The quantitative estimate of drug-likeness (QED) is 0.546. The van der Waals surface area contributed by atoms with Crippen LogP contribution in [-0.4, -0.2) is 17.4 Å². The van der Waals surface area contributed by atoms with Crippen molar-refractivity contribution in [2.75, 3.05) is 0 Å². The maximum atomic E-state index is 8.93. The lowest BCUT2D eigenvalue weighted by Crippen LogP contribution is -2.42. The van der Waals surface area contributed by atoms with Crippen LogP contribution in [0.15, 0.2) is 30.3 Å². The second kappa shape index (κ2) is 4.21. The normalized spacial score (nSPS) is 15.6. The average Bonchev–Trinajstić information content (AvgIpc) is 2.06. The first-order valence-corrected chi connectivity index (χ1v) is 3.93. The van der Waals surface area contributed by atoms with Crippen LogP contribution >= 0.6 is 0 Å². The van der Waals surface area contributed by atoms with Gasteiger partial charge in [-0.1, -0.05) is 30.3 Å². The van der Waals surface area contributed by atoms with Crippen molar-refractivity contribution in [3.8, 4) is 0 Å². The predicted molar refractivity (Wildman–Crippen MR) is 48.3 cm³/mol. The number of aliphatic hydroxyl groups is 1. The zero-order valence-electron chi connectivity index (χ0n) is 6.85. The van der Waals surface area contributed by atoms with E-state index in [4.69, 9.17) is 16.6 Å². The van der Waals surface area contributed by atoms with Gasteiger partial charge in [0.1, 0.15) is 6.23 Å². The van der Waals surface area contributed by atoms with Crippen molar-refractivity contribution in [2.45, 2.75) is 18.7 Å². The minimum absolute atomic E-state index is 0.382. The molecule has 0 fully saturated rings. The van der Waals surface area contributed by atoms with E-state index in [0.717, 1.165) is 5.56 Å². The highest BCUT2D eigenvalue weighted by Gasteiger charge is 2.09. The molecular weight excluding hydrogens is 152 g/mol. The van der Waals surface area contributed by atoms with Crippen LogP contribution in [0.5, 0.6) is 0 Å². The molecule has 0 aromatic heterocycles. The maximum Gasteiger partial charge on any atom is 0.118 e.